The number of rotatable bonds is 4. The summed E-state index contributed by atoms with van der Waals surface area (Å²) in [5, 5.41) is 8.48. The fraction of sp³-hybridized carbons (Fsp3) is 0.125. The summed E-state index contributed by atoms with van der Waals surface area (Å²) in [6.45, 7) is 0. The normalized spacial score (nSPS) is 9.62. The van der Waals surface area contributed by atoms with Crippen molar-refractivity contribution in [1.82, 2.24) is 0 Å². The number of para-hydroxylation sites is 1. The molecular formula is C8H7O3SSb. The zero-order chi connectivity index (χ0) is 9.68. The van der Waals surface area contributed by atoms with Gasteiger partial charge in [0.1, 0.15) is 0 Å². The fourth-order valence-electron chi connectivity index (χ4n) is 0.784. The molecule has 0 fully saturated rings. The molecule has 0 atom stereocenters. The Morgan fingerprint density at radius 1 is 1.54 bits per heavy atom. The average molecular weight is 305 g/mol. The number of thioether (sulfide) groups is 1. The van der Waals surface area contributed by atoms with Crippen molar-refractivity contribution in [3.8, 4) is 5.75 Å². The van der Waals surface area contributed by atoms with Crippen LogP contribution >= 0.6 is 11.8 Å². The van der Waals surface area contributed by atoms with Crippen LogP contribution in [0.3, 0.4) is 0 Å². The van der Waals surface area contributed by atoms with Crippen LogP contribution in [0.15, 0.2) is 29.2 Å². The first-order chi connectivity index (χ1) is 6.24. The molecule has 0 amide bonds. The van der Waals surface area contributed by atoms with Gasteiger partial charge in [0.05, 0.1) is 0 Å². The van der Waals surface area contributed by atoms with E-state index in [0.717, 1.165) is 10.6 Å². The van der Waals surface area contributed by atoms with Crippen LogP contribution in [0.4, 0.5) is 0 Å². The fourth-order valence-corrected chi connectivity index (χ4v) is 2.13. The van der Waals surface area contributed by atoms with Gasteiger partial charge >= 0.3 is 94.8 Å². The number of carboxylic acid groups (broad SMARTS) is 1. The van der Waals surface area contributed by atoms with E-state index >= 15 is 0 Å². The maximum atomic E-state index is 10.3. The van der Waals surface area contributed by atoms with Crippen LogP contribution in [0.1, 0.15) is 0 Å². The van der Waals surface area contributed by atoms with E-state index in [2.05, 4.69) is 0 Å². The van der Waals surface area contributed by atoms with Gasteiger partial charge in [0, 0.05) is 0 Å². The van der Waals surface area contributed by atoms with E-state index in [1.54, 1.807) is 0 Å². The molecule has 3 nitrogen and oxygen atoms in total. The second-order valence-electron chi connectivity index (χ2n) is 2.22. The number of hydrogen-bond donors (Lipinski definition) is 1. The molecule has 5 heteroatoms. The van der Waals surface area contributed by atoms with Crippen LogP contribution in [-0.2, 0) is 4.79 Å². The molecule has 0 saturated carbocycles. The minimum absolute atomic E-state index is 0.0615. The number of carbonyl (C=O) groups is 1. The average Bonchev–Trinajstić information content (AvgIpc) is 2.15. The molecule has 1 aromatic rings. The topological polar surface area (TPSA) is 46.5 Å². The Bertz CT molecular complexity index is 303. The molecule has 0 aromatic heterocycles. The summed E-state index contributed by atoms with van der Waals surface area (Å²) in [7, 11) is 0. The number of benzene rings is 1. The van der Waals surface area contributed by atoms with Gasteiger partial charge in [-0.3, -0.25) is 0 Å². The van der Waals surface area contributed by atoms with Crippen molar-refractivity contribution in [2.24, 2.45) is 0 Å². The van der Waals surface area contributed by atoms with Gasteiger partial charge in [0.15, 0.2) is 0 Å². The Hall–Kier alpha value is -0.342. The standard InChI is InChI=1S/C8H8O3S.Sb/c9-6-3-1-2-4-7(6)12-5-8(10)11;/h1-4,9H,5H2,(H,10,11);/q;+1/p-1. The summed E-state index contributed by atoms with van der Waals surface area (Å²) in [5.41, 5.74) is 0. The number of hydrogen-bond acceptors (Lipinski definition) is 3. The molecule has 1 rings (SSSR count). The first-order valence-corrected chi connectivity index (χ1v) is 5.52. The third kappa shape index (κ3) is 3.49. The first-order valence-electron chi connectivity index (χ1n) is 3.49. The summed E-state index contributed by atoms with van der Waals surface area (Å²) < 4.78 is 5.11. The zero-order valence-corrected chi connectivity index (χ0v) is 10.0. The van der Waals surface area contributed by atoms with Crippen LogP contribution < -0.4 is 3.02 Å². The van der Waals surface area contributed by atoms with Gasteiger partial charge in [-0.1, -0.05) is 0 Å². The third-order valence-electron chi connectivity index (χ3n) is 1.30. The van der Waals surface area contributed by atoms with Gasteiger partial charge in [0.25, 0.3) is 0 Å². The molecule has 0 aliphatic heterocycles. The van der Waals surface area contributed by atoms with Crippen LogP contribution in [0.5, 0.6) is 5.75 Å². The molecule has 0 bridgehead atoms. The Labute approximate surface area is 94.5 Å². The van der Waals surface area contributed by atoms with E-state index in [1.807, 2.05) is 24.3 Å². The molecule has 1 aromatic carbocycles. The van der Waals surface area contributed by atoms with Crippen LogP contribution in [-0.4, -0.2) is 40.3 Å². The Kier molecular flexibility index (Phi) is 4.46. The molecule has 68 valence electrons. The van der Waals surface area contributed by atoms with Crippen LogP contribution in [0.25, 0.3) is 0 Å². The molecule has 13 heavy (non-hydrogen) atoms. The van der Waals surface area contributed by atoms with Gasteiger partial charge in [-0.2, -0.15) is 0 Å². The Balaban J connectivity index is 2.69. The predicted molar refractivity (Wildman–Crippen MR) is 51.2 cm³/mol. The van der Waals surface area contributed by atoms with E-state index in [1.165, 1.54) is 35.2 Å². The second kappa shape index (κ2) is 5.40. The number of aliphatic carboxylic acids is 1. The molecule has 0 aliphatic carbocycles. The molecule has 0 spiro atoms. The SMILES string of the molecule is O=C(O)CSc1ccccc1[O][Sb]. The molecule has 0 unspecified atom stereocenters. The van der Waals surface area contributed by atoms with Gasteiger partial charge in [-0.05, 0) is 0 Å². The number of carboxylic acids is 1. The van der Waals surface area contributed by atoms with Crippen molar-refractivity contribution < 1.29 is 12.9 Å². The monoisotopic (exact) mass is 304 g/mol. The molecular weight excluding hydrogens is 298 g/mol. The second-order valence-corrected chi connectivity index (χ2v) is 3.76. The molecule has 0 heterocycles. The summed E-state index contributed by atoms with van der Waals surface area (Å²) in [6, 6.07) is 7.39. The van der Waals surface area contributed by atoms with Gasteiger partial charge in [-0.25, -0.2) is 0 Å². The summed E-state index contributed by atoms with van der Waals surface area (Å²) in [4.78, 5) is 11.2. The molecule has 0 aliphatic rings. The Morgan fingerprint density at radius 2 is 2.23 bits per heavy atom. The van der Waals surface area contributed by atoms with Gasteiger partial charge in [-0.15, -0.1) is 0 Å². The van der Waals surface area contributed by atoms with E-state index in [0.29, 0.717) is 0 Å². The van der Waals surface area contributed by atoms with Crippen LogP contribution in [0, 0.1) is 0 Å². The van der Waals surface area contributed by atoms with E-state index in [4.69, 9.17) is 8.12 Å². The Morgan fingerprint density at radius 3 is 2.85 bits per heavy atom. The molecule has 1 N–H and O–H groups in total. The van der Waals surface area contributed by atoms with Crippen molar-refractivity contribution in [2.45, 2.75) is 4.90 Å². The van der Waals surface area contributed by atoms with Crippen molar-refractivity contribution in [2.75, 3.05) is 5.75 Å². The van der Waals surface area contributed by atoms with E-state index in [9.17, 15) is 4.79 Å². The quantitative estimate of drug-likeness (QED) is 0.673. The van der Waals surface area contributed by atoms with E-state index < -0.39 is 5.97 Å². The van der Waals surface area contributed by atoms with E-state index in [-0.39, 0.29) is 5.75 Å². The predicted octanol–water partition coefficient (Wildman–Crippen LogP) is 1.33. The van der Waals surface area contributed by atoms with Crippen molar-refractivity contribution in [3.63, 3.8) is 0 Å². The third-order valence-corrected chi connectivity index (χ3v) is 2.90. The van der Waals surface area contributed by atoms with Gasteiger partial charge in [0.2, 0.25) is 0 Å². The van der Waals surface area contributed by atoms with Crippen molar-refractivity contribution >= 4 is 41.2 Å². The molecule has 2 radical (unpaired) electrons. The summed E-state index contributed by atoms with van der Waals surface area (Å²) in [6.07, 6.45) is 0. The first kappa shape index (κ1) is 10.7. The zero-order valence-electron chi connectivity index (χ0n) is 6.64. The van der Waals surface area contributed by atoms with Crippen LogP contribution in [0.2, 0.25) is 0 Å². The van der Waals surface area contributed by atoms with Gasteiger partial charge < -0.3 is 0 Å². The minimum atomic E-state index is -0.819. The molecule has 0 saturated heterocycles. The maximum absolute atomic E-state index is 10.3. The van der Waals surface area contributed by atoms with Crippen molar-refractivity contribution in [3.05, 3.63) is 24.3 Å². The van der Waals surface area contributed by atoms with Crippen molar-refractivity contribution in [1.29, 1.82) is 0 Å². The summed E-state index contributed by atoms with van der Waals surface area (Å²) in [5.74, 6) is -0.0190. The summed E-state index contributed by atoms with van der Waals surface area (Å²) >= 11 is 2.49.